The third-order valence-electron chi connectivity index (χ3n) is 4.52. The molecule has 1 aliphatic heterocycles. The van der Waals surface area contributed by atoms with Crippen LogP contribution in [-0.4, -0.2) is 38.3 Å². The molecule has 0 aromatic carbocycles. The summed E-state index contributed by atoms with van der Waals surface area (Å²) < 4.78 is 5.20. The van der Waals surface area contributed by atoms with Gasteiger partial charge in [-0.05, 0) is 76.6 Å². The smallest absolute Gasteiger partial charge is 0.0589 e. The first-order chi connectivity index (χ1) is 10.4. The molecule has 0 saturated carbocycles. The number of ether oxygens (including phenoxy) is 1. The molecule has 1 saturated heterocycles. The van der Waals surface area contributed by atoms with Crippen LogP contribution in [0.2, 0.25) is 0 Å². The van der Waals surface area contributed by atoms with Crippen molar-refractivity contribution in [1.82, 2.24) is 4.90 Å². The maximum absolute atomic E-state index is 5.20. The highest BCUT2D eigenvalue weighted by Crippen LogP contribution is 2.39. The third kappa shape index (κ3) is 3.75. The highest BCUT2D eigenvalue weighted by molar-refractivity contribution is 7.08. The molecule has 114 valence electrons. The summed E-state index contributed by atoms with van der Waals surface area (Å²) in [5.74, 6) is 1.36. The summed E-state index contributed by atoms with van der Waals surface area (Å²) in [5.41, 5.74) is 3.02. The molecule has 0 bridgehead atoms. The number of nitrogens with zero attached hydrogens (tertiary/aromatic N) is 1. The lowest BCUT2D eigenvalue weighted by molar-refractivity contribution is 0.117. The van der Waals surface area contributed by atoms with Gasteiger partial charge in [-0.25, -0.2) is 0 Å². The quantitative estimate of drug-likeness (QED) is 0.786. The van der Waals surface area contributed by atoms with Gasteiger partial charge in [0.2, 0.25) is 0 Å². The van der Waals surface area contributed by atoms with E-state index >= 15 is 0 Å². The fraction of sp³-hybridized carbons (Fsp3) is 0.529. The average molecular weight is 322 g/mol. The zero-order valence-electron chi connectivity index (χ0n) is 12.5. The van der Waals surface area contributed by atoms with E-state index in [0.29, 0.717) is 5.92 Å². The summed E-state index contributed by atoms with van der Waals surface area (Å²) in [6, 6.07) is 4.62. The highest BCUT2D eigenvalue weighted by atomic mass is 32.1. The lowest BCUT2D eigenvalue weighted by atomic mass is 9.78. The molecule has 0 spiro atoms. The molecule has 3 rings (SSSR count). The molecule has 2 aromatic heterocycles. The van der Waals surface area contributed by atoms with Gasteiger partial charge in [-0.15, -0.1) is 0 Å². The monoisotopic (exact) mass is 321 g/mol. The Balaban J connectivity index is 1.68. The van der Waals surface area contributed by atoms with E-state index in [1.165, 1.54) is 37.1 Å². The van der Waals surface area contributed by atoms with Gasteiger partial charge in [0.25, 0.3) is 0 Å². The standard InChI is InChI=1S/C17H23NOS2/c1-19-9-8-18-6-2-14(3-7-18)17(15-4-10-20-12-15)16-5-11-21-13-16/h4-5,10-14,17H,2-3,6-9H2,1H3. The maximum Gasteiger partial charge on any atom is 0.0589 e. The number of methoxy groups -OCH3 is 1. The predicted octanol–water partition coefficient (Wildman–Crippen LogP) is 4.30. The van der Waals surface area contributed by atoms with Crippen LogP contribution in [0, 0.1) is 5.92 Å². The number of thiophene rings is 2. The SMILES string of the molecule is COCCN1CCC(C(c2ccsc2)c2ccsc2)CC1. The minimum atomic E-state index is 0.590. The Labute approximate surface area is 135 Å². The van der Waals surface area contributed by atoms with Crippen LogP contribution in [-0.2, 0) is 4.74 Å². The van der Waals surface area contributed by atoms with Crippen LogP contribution in [0.1, 0.15) is 29.9 Å². The Morgan fingerprint density at radius 2 is 1.76 bits per heavy atom. The van der Waals surface area contributed by atoms with E-state index in [1.54, 1.807) is 7.11 Å². The first-order valence-electron chi connectivity index (χ1n) is 7.64. The average Bonchev–Trinajstić information content (AvgIpc) is 3.21. The number of piperidine rings is 1. The molecule has 4 heteroatoms. The molecule has 2 nitrogen and oxygen atoms in total. The van der Waals surface area contributed by atoms with E-state index in [2.05, 4.69) is 38.6 Å². The van der Waals surface area contributed by atoms with Crippen LogP contribution in [0.25, 0.3) is 0 Å². The molecule has 21 heavy (non-hydrogen) atoms. The van der Waals surface area contributed by atoms with Gasteiger partial charge in [0.1, 0.15) is 0 Å². The molecule has 0 aliphatic carbocycles. The fourth-order valence-electron chi connectivity index (χ4n) is 3.37. The van der Waals surface area contributed by atoms with Gasteiger partial charge in [-0.2, -0.15) is 22.7 Å². The van der Waals surface area contributed by atoms with Crippen molar-refractivity contribution in [3.63, 3.8) is 0 Å². The van der Waals surface area contributed by atoms with Crippen molar-refractivity contribution in [3.05, 3.63) is 44.8 Å². The van der Waals surface area contributed by atoms with Gasteiger partial charge >= 0.3 is 0 Å². The predicted molar refractivity (Wildman–Crippen MR) is 91.5 cm³/mol. The van der Waals surface area contributed by atoms with Crippen LogP contribution in [0.3, 0.4) is 0 Å². The van der Waals surface area contributed by atoms with Gasteiger partial charge in [-0.3, -0.25) is 0 Å². The summed E-state index contributed by atoms with van der Waals surface area (Å²) >= 11 is 3.63. The third-order valence-corrected chi connectivity index (χ3v) is 5.92. The van der Waals surface area contributed by atoms with Crippen molar-refractivity contribution < 1.29 is 4.74 Å². The normalized spacial score (nSPS) is 17.6. The second kappa shape index (κ2) is 7.54. The molecule has 0 atom stereocenters. The van der Waals surface area contributed by atoms with Gasteiger partial charge in [0, 0.05) is 19.6 Å². The molecule has 0 N–H and O–H groups in total. The minimum Gasteiger partial charge on any atom is -0.383 e. The molecule has 1 aliphatic rings. The van der Waals surface area contributed by atoms with Crippen molar-refractivity contribution in [1.29, 1.82) is 0 Å². The zero-order valence-corrected chi connectivity index (χ0v) is 14.2. The molecule has 0 radical (unpaired) electrons. The van der Waals surface area contributed by atoms with Gasteiger partial charge in [-0.1, -0.05) is 0 Å². The second-order valence-corrected chi connectivity index (χ2v) is 7.32. The molecule has 0 amide bonds. The van der Waals surface area contributed by atoms with E-state index in [0.717, 1.165) is 19.1 Å². The van der Waals surface area contributed by atoms with E-state index in [-0.39, 0.29) is 0 Å². The Morgan fingerprint density at radius 1 is 1.14 bits per heavy atom. The molecular formula is C17H23NOS2. The Bertz CT molecular complexity index is 467. The number of hydrogen-bond acceptors (Lipinski definition) is 4. The Hall–Kier alpha value is -0.680. The van der Waals surface area contributed by atoms with Crippen molar-refractivity contribution >= 4 is 22.7 Å². The molecule has 2 aromatic rings. The van der Waals surface area contributed by atoms with E-state index in [9.17, 15) is 0 Å². The first kappa shape index (κ1) is 15.2. The van der Waals surface area contributed by atoms with E-state index < -0.39 is 0 Å². The Kier molecular flexibility index (Phi) is 5.47. The first-order valence-corrected chi connectivity index (χ1v) is 9.52. The van der Waals surface area contributed by atoms with Crippen molar-refractivity contribution in [3.8, 4) is 0 Å². The number of hydrogen-bond donors (Lipinski definition) is 0. The van der Waals surface area contributed by atoms with Crippen LogP contribution >= 0.6 is 22.7 Å². The maximum atomic E-state index is 5.20. The second-order valence-electron chi connectivity index (χ2n) is 5.76. The summed E-state index contributed by atoms with van der Waals surface area (Å²) in [4.78, 5) is 2.54. The summed E-state index contributed by atoms with van der Waals surface area (Å²) in [7, 11) is 1.79. The lowest BCUT2D eigenvalue weighted by Crippen LogP contribution is -2.37. The zero-order chi connectivity index (χ0) is 14.5. The summed E-state index contributed by atoms with van der Waals surface area (Å²) in [6.07, 6.45) is 2.58. The van der Waals surface area contributed by atoms with Crippen LogP contribution in [0.4, 0.5) is 0 Å². The Morgan fingerprint density at radius 3 is 2.24 bits per heavy atom. The number of rotatable bonds is 6. The van der Waals surface area contributed by atoms with E-state index in [1.807, 2.05) is 22.7 Å². The van der Waals surface area contributed by atoms with Crippen molar-refractivity contribution in [2.75, 3.05) is 33.4 Å². The largest absolute Gasteiger partial charge is 0.383 e. The lowest BCUT2D eigenvalue weighted by Gasteiger charge is -2.35. The molecule has 3 heterocycles. The van der Waals surface area contributed by atoms with Crippen LogP contribution in [0.5, 0.6) is 0 Å². The molecule has 0 unspecified atom stereocenters. The molecular weight excluding hydrogens is 298 g/mol. The summed E-state index contributed by atoms with van der Waals surface area (Å²) in [6.45, 7) is 4.34. The van der Waals surface area contributed by atoms with Crippen molar-refractivity contribution in [2.45, 2.75) is 18.8 Å². The minimum absolute atomic E-state index is 0.590. The topological polar surface area (TPSA) is 12.5 Å². The van der Waals surface area contributed by atoms with Gasteiger partial charge in [0.15, 0.2) is 0 Å². The number of likely N-dealkylation sites (tertiary alicyclic amines) is 1. The van der Waals surface area contributed by atoms with E-state index in [4.69, 9.17) is 4.74 Å². The van der Waals surface area contributed by atoms with Gasteiger partial charge < -0.3 is 9.64 Å². The van der Waals surface area contributed by atoms with Crippen molar-refractivity contribution in [2.24, 2.45) is 5.92 Å². The van der Waals surface area contributed by atoms with Crippen LogP contribution < -0.4 is 0 Å². The fourth-order valence-corrected chi connectivity index (χ4v) is 4.76. The summed E-state index contributed by atoms with van der Waals surface area (Å²) in [5, 5.41) is 9.09. The van der Waals surface area contributed by atoms with Gasteiger partial charge in [0.05, 0.1) is 6.61 Å². The highest BCUT2D eigenvalue weighted by Gasteiger charge is 2.29. The molecule has 1 fully saturated rings. The van der Waals surface area contributed by atoms with Crippen LogP contribution in [0.15, 0.2) is 33.7 Å².